The Morgan fingerprint density at radius 1 is 1.38 bits per heavy atom. The first kappa shape index (κ1) is 11.5. The second-order valence-corrected chi connectivity index (χ2v) is 4.57. The van der Waals surface area contributed by atoms with Crippen LogP contribution in [0.3, 0.4) is 0 Å². The quantitative estimate of drug-likeness (QED) is 0.841. The highest BCUT2D eigenvalue weighted by Crippen LogP contribution is 2.37. The number of fused-ring (bicyclic) bond motifs is 1. The zero-order chi connectivity index (χ0) is 11.5. The van der Waals surface area contributed by atoms with Gasteiger partial charge in [0.15, 0.2) is 0 Å². The van der Waals surface area contributed by atoms with E-state index in [9.17, 15) is 5.11 Å². The van der Waals surface area contributed by atoms with Crippen LogP contribution in [0.2, 0.25) is 0 Å². The fourth-order valence-corrected chi connectivity index (χ4v) is 2.78. The molecule has 0 saturated heterocycles. The van der Waals surface area contributed by atoms with Crippen molar-refractivity contribution in [3.63, 3.8) is 0 Å². The van der Waals surface area contributed by atoms with Gasteiger partial charge in [0, 0.05) is 6.04 Å². The zero-order valence-electron chi connectivity index (χ0n) is 10.2. The van der Waals surface area contributed by atoms with Crippen LogP contribution in [0, 0.1) is 0 Å². The lowest BCUT2D eigenvalue weighted by Crippen LogP contribution is -2.28. The van der Waals surface area contributed by atoms with E-state index in [1.165, 1.54) is 30.5 Å². The predicted octanol–water partition coefficient (Wildman–Crippen LogP) is 3.11. The molecule has 0 fully saturated rings. The standard InChI is InChI=1S/C14H21NO/c1-3-9-15(4-2)14-8-5-11-10-12(16)6-7-13(11)14/h6-7,10,14,16H,3-5,8-9H2,1-2H3. The third-order valence-electron chi connectivity index (χ3n) is 3.53. The third-order valence-corrected chi connectivity index (χ3v) is 3.53. The van der Waals surface area contributed by atoms with Gasteiger partial charge in [-0.15, -0.1) is 0 Å². The molecule has 2 heteroatoms. The molecular formula is C14H21NO. The highest BCUT2D eigenvalue weighted by molar-refractivity contribution is 5.40. The van der Waals surface area contributed by atoms with Gasteiger partial charge in [0.2, 0.25) is 0 Å². The summed E-state index contributed by atoms with van der Waals surface area (Å²) in [5, 5.41) is 9.47. The highest BCUT2D eigenvalue weighted by Gasteiger charge is 2.26. The molecule has 2 nitrogen and oxygen atoms in total. The van der Waals surface area contributed by atoms with Crippen LogP contribution in [-0.2, 0) is 6.42 Å². The van der Waals surface area contributed by atoms with Crippen LogP contribution in [0.25, 0.3) is 0 Å². The molecule has 0 saturated carbocycles. The number of phenols is 1. The van der Waals surface area contributed by atoms with Crippen LogP contribution in [-0.4, -0.2) is 23.1 Å². The van der Waals surface area contributed by atoms with Crippen molar-refractivity contribution < 1.29 is 5.11 Å². The van der Waals surface area contributed by atoms with E-state index in [1.807, 2.05) is 12.1 Å². The van der Waals surface area contributed by atoms with Gasteiger partial charge in [0.25, 0.3) is 0 Å². The van der Waals surface area contributed by atoms with Gasteiger partial charge in [0.1, 0.15) is 5.75 Å². The first-order chi connectivity index (χ1) is 7.76. The summed E-state index contributed by atoms with van der Waals surface area (Å²) in [6.07, 6.45) is 3.51. The Morgan fingerprint density at radius 3 is 2.88 bits per heavy atom. The highest BCUT2D eigenvalue weighted by atomic mass is 16.3. The fraction of sp³-hybridized carbons (Fsp3) is 0.571. The lowest BCUT2D eigenvalue weighted by Gasteiger charge is -2.27. The second-order valence-electron chi connectivity index (χ2n) is 4.57. The Morgan fingerprint density at radius 2 is 2.19 bits per heavy atom. The minimum atomic E-state index is 0.401. The number of aryl methyl sites for hydroxylation is 1. The van der Waals surface area contributed by atoms with Gasteiger partial charge >= 0.3 is 0 Å². The summed E-state index contributed by atoms with van der Waals surface area (Å²) in [5.41, 5.74) is 2.76. The molecule has 0 bridgehead atoms. The largest absolute Gasteiger partial charge is 0.508 e. The van der Waals surface area contributed by atoms with Crippen molar-refractivity contribution in [2.45, 2.75) is 39.2 Å². The molecule has 88 valence electrons. The molecular weight excluding hydrogens is 198 g/mol. The smallest absolute Gasteiger partial charge is 0.115 e. The van der Waals surface area contributed by atoms with E-state index in [4.69, 9.17) is 0 Å². The first-order valence-corrected chi connectivity index (χ1v) is 6.32. The number of phenolic OH excluding ortho intramolecular Hbond substituents is 1. The molecule has 1 aromatic carbocycles. The van der Waals surface area contributed by atoms with Crippen molar-refractivity contribution in [3.8, 4) is 5.75 Å². The summed E-state index contributed by atoms with van der Waals surface area (Å²) < 4.78 is 0. The Hall–Kier alpha value is -1.02. The van der Waals surface area contributed by atoms with Gasteiger partial charge in [-0.25, -0.2) is 0 Å². The summed E-state index contributed by atoms with van der Waals surface area (Å²) in [7, 11) is 0. The van der Waals surface area contributed by atoms with Crippen molar-refractivity contribution in [2.75, 3.05) is 13.1 Å². The van der Waals surface area contributed by atoms with E-state index in [2.05, 4.69) is 24.8 Å². The van der Waals surface area contributed by atoms with Gasteiger partial charge in [-0.2, -0.15) is 0 Å². The Bertz CT molecular complexity index is 362. The molecule has 16 heavy (non-hydrogen) atoms. The van der Waals surface area contributed by atoms with Gasteiger partial charge in [-0.1, -0.05) is 19.9 Å². The molecule has 1 atom stereocenters. The number of hydrogen-bond acceptors (Lipinski definition) is 2. The number of benzene rings is 1. The van der Waals surface area contributed by atoms with Gasteiger partial charge in [0.05, 0.1) is 0 Å². The average Bonchev–Trinajstić information content (AvgIpc) is 2.68. The molecule has 2 rings (SSSR count). The summed E-state index contributed by atoms with van der Waals surface area (Å²) in [4.78, 5) is 2.54. The molecule has 0 aliphatic heterocycles. The van der Waals surface area contributed by atoms with Crippen LogP contribution in [0.1, 0.15) is 43.9 Å². The van der Waals surface area contributed by atoms with Crippen molar-refractivity contribution in [3.05, 3.63) is 29.3 Å². The zero-order valence-corrected chi connectivity index (χ0v) is 10.2. The maximum atomic E-state index is 9.47. The molecule has 1 aliphatic carbocycles. The molecule has 0 radical (unpaired) electrons. The van der Waals surface area contributed by atoms with Crippen LogP contribution in [0.4, 0.5) is 0 Å². The van der Waals surface area contributed by atoms with E-state index in [0.717, 1.165) is 13.0 Å². The first-order valence-electron chi connectivity index (χ1n) is 6.32. The van der Waals surface area contributed by atoms with E-state index < -0.39 is 0 Å². The Balaban J connectivity index is 2.22. The van der Waals surface area contributed by atoms with E-state index >= 15 is 0 Å². The second kappa shape index (κ2) is 4.88. The van der Waals surface area contributed by atoms with Crippen molar-refractivity contribution in [1.29, 1.82) is 0 Å². The molecule has 0 amide bonds. The van der Waals surface area contributed by atoms with Crippen LogP contribution in [0.5, 0.6) is 5.75 Å². The van der Waals surface area contributed by atoms with Gasteiger partial charge in [-0.3, -0.25) is 4.90 Å². The summed E-state index contributed by atoms with van der Waals surface area (Å²) in [5.74, 6) is 0.401. The monoisotopic (exact) mass is 219 g/mol. The molecule has 1 N–H and O–H groups in total. The Kier molecular flexibility index (Phi) is 3.49. The molecule has 1 aliphatic rings. The molecule has 1 aromatic rings. The van der Waals surface area contributed by atoms with E-state index in [1.54, 1.807) is 0 Å². The number of rotatable bonds is 4. The number of hydrogen-bond donors (Lipinski definition) is 1. The molecule has 0 aromatic heterocycles. The van der Waals surface area contributed by atoms with Crippen molar-refractivity contribution in [1.82, 2.24) is 4.90 Å². The molecule has 1 unspecified atom stereocenters. The van der Waals surface area contributed by atoms with E-state index in [0.29, 0.717) is 11.8 Å². The van der Waals surface area contributed by atoms with Crippen molar-refractivity contribution >= 4 is 0 Å². The predicted molar refractivity (Wildman–Crippen MR) is 66.7 cm³/mol. The minimum absolute atomic E-state index is 0.401. The minimum Gasteiger partial charge on any atom is -0.508 e. The van der Waals surface area contributed by atoms with Crippen LogP contribution >= 0.6 is 0 Å². The normalized spacial score (nSPS) is 19.1. The van der Waals surface area contributed by atoms with Crippen LogP contribution < -0.4 is 0 Å². The summed E-state index contributed by atoms with van der Waals surface area (Å²) in [6.45, 7) is 6.74. The maximum absolute atomic E-state index is 9.47. The molecule has 0 spiro atoms. The fourth-order valence-electron chi connectivity index (χ4n) is 2.78. The maximum Gasteiger partial charge on any atom is 0.115 e. The average molecular weight is 219 g/mol. The third kappa shape index (κ3) is 2.07. The van der Waals surface area contributed by atoms with Gasteiger partial charge < -0.3 is 5.11 Å². The van der Waals surface area contributed by atoms with E-state index in [-0.39, 0.29) is 0 Å². The van der Waals surface area contributed by atoms with Crippen molar-refractivity contribution in [2.24, 2.45) is 0 Å². The number of nitrogens with zero attached hydrogens (tertiary/aromatic N) is 1. The Labute approximate surface area is 97.9 Å². The molecule has 0 heterocycles. The topological polar surface area (TPSA) is 23.5 Å². The van der Waals surface area contributed by atoms with Crippen LogP contribution in [0.15, 0.2) is 18.2 Å². The summed E-state index contributed by atoms with van der Waals surface area (Å²) in [6, 6.07) is 6.41. The van der Waals surface area contributed by atoms with Gasteiger partial charge in [-0.05, 0) is 55.6 Å². The lowest BCUT2D eigenvalue weighted by atomic mass is 10.1. The summed E-state index contributed by atoms with van der Waals surface area (Å²) >= 11 is 0. The SMILES string of the molecule is CCCN(CC)C1CCc2cc(O)ccc21. The number of aromatic hydroxyl groups is 1. The lowest BCUT2D eigenvalue weighted by molar-refractivity contribution is 0.207.